The van der Waals surface area contributed by atoms with E-state index in [4.69, 9.17) is 9.47 Å². The molecule has 0 saturated heterocycles. The SMILES string of the molecule is COc1ccccc1CCC(=O)OC(C)C(=O)c1c(C)[nH]c2ccccc12. The van der Waals surface area contributed by atoms with Gasteiger partial charge in [0.1, 0.15) is 5.75 Å². The fraction of sp³-hybridized carbons (Fsp3) is 0.273. The fourth-order valence-electron chi connectivity index (χ4n) is 3.25. The topological polar surface area (TPSA) is 68.4 Å². The summed E-state index contributed by atoms with van der Waals surface area (Å²) in [5, 5.41) is 0.844. The number of H-pyrrole nitrogens is 1. The van der Waals surface area contributed by atoms with Gasteiger partial charge in [0, 0.05) is 28.6 Å². The molecule has 1 heterocycles. The Balaban J connectivity index is 1.65. The minimum Gasteiger partial charge on any atom is -0.496 e. The van der Waals surface area contributed by atoms with Gasteiger partial charge < -0.3 is 14.5 Å². The van der Waals surface area contributed by atoms with E-state index < -0.39 is 12.1 Å². The van der Waals surface area contributed by atoms with E-state index in [9.17, 15) is 9.59 Å². The molecule has 0 fully saturated rings. The second-order valence-corrected chi connectivity index (χ2v) is 6.48. The maximum atomic E-state index is 12.8. The molecule has 0 spiro atoms. The van der Waals surface area contributed by atoms with Crippen molar-refractivity contribution in [3.05, 3.63) is 65.4 Å². The van der Waals surface area contributed by atoms with Crippen LogP contribution in [0.5, 0.6) is 5.75 Å². The maximum Gasteiger partial charge on any atom is 0.306 e. The van der Waals surface area contributed by atoms with Crippen LogP contribution in [0.3, 0.4) is 0 Å². The predicted octanol–water partition coefficient (Wildman–Crippen LogP) is 4.23. The molecule has 0 aliphatic rings. The lowest BCUT2D eigenvalue weighted by molar-refractivity contribution is -0.146. The Hall–Kier alpha value is -3.08. The number of fused-ring (bicyclic) bond motifs is 1. The van der Waals surface area contributed by atoms with E-state index in [-0.39, 0.29) is 12.2 Å². The van der Waals surface area contributed by atoms with Crippen LogP contribution in [0.2, 0.25) is 0 Å². The van der Waals surface area contributed by atoms with Crippen molar-refractivity contribution < 1.29 is 19.1 Å². The summed E-state index contributed by atoms with van der Waals surface area (Å²) in [5.41, 5.74) is 3.19. The smallest absolute Gasteiger partial charge is 0.306 e. The van der Waals surface area contributed by atoms with Crippen LogP contribution in [0.25, 0.3) is 10.9 Å². The number of methoxy groups -OCH3 is 1. The van der Waals surface area contributed by atoms with Crippen LogP contribution >= 0.6 is 0 Å². The summed E-state index contributed by atoms with van der Waals surface area (Å²) < 4.78 is 10.7. The molecule has 0 aliphatic heterocycles. The first-order valence-corrected chi connectivity index (χ1v) is 8.94. The monoisotopic (exact) mass is 365 g/mol. The number of ether oxygens (including phenoxy) is 2. The summed E-state index contributed by atoms with van der Waals surface area (Å²) in [4.78, 5) is 28.3. The number of carbonyl (C=O) groups excluding carboxylic acids is 2. The second-order valence-electron chi connectivity index (χ2n) is 6.48. The van der Waals surface area contributed by atoms with E-state index in [1.165, 1.54) is 0 Å². The minimum atomic E-state index is -0.840. The van der Waals surface area contributed by atoms with Crippen LogP contribution in [0.1, 0.15) is 35.0 Å². The van der Waals surface area contributed by atoms with Gasteiger partial charge in [-0.25, -0.2) is 0 Å². The third-order valence-electron chi connectivity index (χ3n) is 4.61. The van der Waals surface area contributed by atoms with E-state index in [1.54, 1.807) is 14.0 Å². The molecule has 0 bridgehead atoms. The zero-order valence-corrected chi connectivity index (χ0v) is 15.7. The predicted molar refractivity (Wildman–Crippen MR) is 104 cm³/mol. The molecule has 5 heteroatoms. The third-order valence-corrected chi connectivity index (χ3v) is 4.61. The number of benzene rings is 2. The summed E-state index contributed by atoms with van der Waals surface area (Å²) in [5.74, 6) is 0.138. The van der Waals surface area contributed by atoms with Crippen molar-refractivity contribution >= 4 is 22.7 Å². The lowest BCUT2D eigenvalue weighted by Gasteiger charge is -2.13. The molecule has 5 nitrogen and oxygen atoms in total. The summed E-state index contributed by atoms with van der Waals surface area (Å²) in [6, 6.07) is 15.2. The molecule has 0 amide bonds. The molecule has 0 saturated carbocycles. The normalized spacial score (nSPS) is 12.0. The highest BCUT2D eigenvalue weighted by molar-refractivity contribution is 6.11. The highest BCUT2D eigenvalue weighted by Gasteiger charge is 2.24. The Morgan fingerprint density at radius 2 is 1.78 bits per heavy atom. The van der Waals surface area contributed by atoms with Crippen LogP contribution < -0.4 is 4.74 Å². The van der Waals surface area contributed by atoms with E-state index >= 15 is 0 Å². The summed E-state index contributed by atoms with van der Waals surface area (Å²) in [7, 11) is 1.60. The second kappa shape index (κ2) is 8.08. The van der Waals surface area contributed by atoms with Crippen LogP contribution in [-0.4, -0.2) is 30.0 Å². The maximum absolute atomic E-state index is 12.8. The Morgan fingerprint density at radius 3 is 2.56 bits per heavy atom. The largest absolute Gasteiger partial charge is 0.496 e. The summed E-state index contributed by atoms with van der Waals surface area (Å²) in [6.45, 7) is 3.47. The van der Waals surface area contributed by atoms with Gasteiger partial charge in [0.05, 0.1) is 7.11 Å². The Morgan fingerprint density at radius 1 is 1.07 bits per heavy atom. The number of nitrogens with one attached hydrogen (secondary N) is 1. The Kier molecular flexibility index (Phi) is 5.60. The van der Waals surface area contributed by atoms with Crippen molar-refractivity contribution in [3.8, 4) is 5.75 Å². The van der Waals surface area contributed by atoms with Crippen molar-refractivity contribution in [1.82, 2.24) is 4.98 Å². The number of hydrogen-bond donors (Lipinski definition) is 1. The number of aromatic amines is 1. The molecule has 140 valence electrons. The molecule has 27 heavy (non-hydrogen) atoms. The first-order chi connectivity index (χ1) is 13.0. The minimum absolute atomic E-state index is 0.185. The molecule has 3 rings (SSSR count). The lowest BCUT2D eigenvalue weighted by atomic mass is 10.0. The van der Waals surface area contributed by atoms with Crippen molar-refractivity contribution in [1.29, 1.82) is 0 Å². The van der Waals surface area contributed by atoms with E-state index in [1.807, 2.05) is 55.5 Å². The van der Waals surface area contributed by atoms with Gasteiger partial charge in [-0.2, -0.15) is 0 Å². The van der Waals surface area contributed by atoms with Crippen molar-refractivity contribution in [2.75, 3.05) is 7.11 Å². The molecule has 0 aliphatic carbocycles. The Bertz CT molecular complexity index is 973. The molecular weight excluding hydrogens is 342 g/mol. The average Bonchev–Trinajstić information content (AvgIpc) is 3.01. The van der Waals surface area contributed by atoms with Crippen LogP contribution in [0, 0.1) is 6.92 Å². The van der Waals surface area contributed by atoms with Gasteiger partial charge in [-0.15, -0.1) is 0 Å². The van der Waals surface area contributed by atoms with E-state index in [0.29, 0.717) is 12.0 Å². The summed E-state index contributed by atoms with van der Waals surface area (Å²) in [6.07, 6.45) is -0.158. The number of rotatable bonds is 7. The standard InChI is InChI=1S/C22H23NO4/c1-14-21(17-9-5-6-10-18(17)23-14)22(25)15(2)27-20(24)13-12-16-8-4-7-11-19(16)26-3/h4-11,15,23H,12-13H2,1-3H3. The molecular formula is C22H23NO4. The van der Waals surface area contributed by atoms with Crippen LogP contribution in [0.4, 0.5) is 0 Å². The molecule has 3 aromatic rings. The number of Topliss-reactive ketones (excluding diaryl/α,β-unsaturated/α-hetero) is 1. The van der Waals surface area contributed by atoms with Gasteiger partial charge in [-0.3, -0.25) is 9.59 Å². The van der Waals surface area contributed by atoms with Crippen LogP contribution in [0.15, 0.2) is 48.5 Å². The van der Waals surface area contributed by atoms with E-state index in [0.717, 1.165) is 27.9 Å². The lowest BCUT2D eigenvalue weighted by Crippen LogP contribution is -2.25. The number of aryl methyl sites for hydroxylation is 2. The Labute approximate surface area is 158 Å². The molecule has 1 aromatic heterocycles. The quantitative estimate of drug-likeness (QED) is 0.502. The molecule has 1 N–H and O–H groups in total. The number of carbonyl (C=O) groups is 2. The van der Waals surface area contributed by atoms with Crippen molar-refractivity contribution in [2.45, 2.75) is 32.8 Å². The molecule has 1 atom stereocenters. The van der Waals surface area contributed by atoms with Crippen LogP contribution in [-0.2, 0) is 16.0 Å². The zero-order valence-electron chi connectivity index (χ0n) is 15.7. The molecule has 0 radical (unpaired) electrons. The zero-order chi connectivity index (χ0) is 19.4. The first-order valence-electron chi connectivity index (χ1n) is 8.94. The first kappa shape index (κ1) is 18.7. The molecule has 1 unspecified atom stereocenters. The number of esters is 1. The highest BCUT2D eigenvalue weighted by atomic mass is 16.5. The number of ketones is 1. The van der Waals surface area contributed by atoms with Gasteiger partial charge in [-0.05, 0) is 38.0 Å². The van der Waals surface area contributed by atoms with Gasteiger partial charge in [-0.1, -0.05) is 36.4 Å². The number of para-hydroxylation sites is 2. The highest BCUT2D eigenvalue weighted by Crippen LogP contribution is 2.24. The van der Waals surface area contributed by atoms with Gasteiger partial charge in [0.25, 0.3) is 0 Å². The van der Waals surface area contributed by atoms with Gasteiger partial charge in [0.15, 0.2) is 6.10 Å². The summed E-state index contributed by atoms with van der Waals surface area (Å²) >= 11 is 0. The number of aromatic nitrogens is 1. The molecule has 2 aromatic carbocycles. The van der Waals surface area contributed by atoms with Crippen molar-refractivity contribution in [2.24, 2.45) is 0 Å². The van der Waals surface area contributed by atoms with E-state index in [2.05, 4.69) is 4.98 Å². The van der Waals surface area contributed by atoms with Gasteiger partial charge >= 0.3 is 5.97 Å². The average molecular weight is 365 g/mol. The van der Waals surface area contributed by atoms with Crippen molar-refractivity contribution in [3.63, 3.8) is 0 Å². The third kappa shape index (κ3) is 4.03. The number of hydrogen-bond acceptors (Lipinski definition) is 4. The fourth-order valence-corrected chi connectivity index (χ4v) is 3.25. The van der Waals surface area contributed by atoms with Gasteiger partial charge in [0.2, 0.25) is 5.78 Å².